The van der Waals surface area contributed by atoms with E-state index in [9.17, 15) is 19.8 Å². The first-order valence-corrected chi connectivity index (χ1v) is 16.2. The molecule has 0 bridgehead atoms. The second-order valence-corrected chi connectivity index (χ2v) is 13.1. The first-order chi connectivity index (χ1) is 18.5. The van der Waals surface area contributed by atoms with E-state index in [-0.39, 0.29) is 11.1 Å². The van der Waals surface area contributed by atoms with E-state index in [4.69, 9.17) is 0 Å². The molecule has 0 heterocycles. The quantitative estimate of drug-likeness (QED) is 0.134. The van der Waals surface area contributed by atoms with E-state index in [2.05, 4.69) is 41.5 Å². The maximum atomic E-state index is 12.4. The highest BCUT2D eigenvalue weighted by atomic mass is 16.4. The van der Waals surface area contributed by atoms with Gasteiger partial charge in [-0.25, -0.2) is 9.59 Å². The molecule has 2 N–H and O–H groups in total. The summed E-state index contributed by atoms with van der Waals surface area (Å²) in [5, 5.41) is 20.2. The highest BCUT2D eigenvalue weighted by Gasteiger charge is 2.25. The van der Waals surface area contributed by atoms with Crippen molar-refractivity contribution in [3.05, 3.63) is 33.9 Å². The molecule has 0 aliphatic heterocycles. The van der Waals surface area contributed by atoms with Crippen molar-refractivity contribution in [1.29, 1.82) is 0 Å². The lowest BCUT2D eigenvalue weighted by molar-refractivity contribution is 0.0650. The zero-order valence-electron chi connectivity index (χ0n) is 26.2. The normalized spacial score (nSPS) is 11.7. The Kier molecular flexibility index (Phi) is 18.1. The van der Waals surface area contributed by atoms with Crippen LogP contribution in [0.4, 0.5) is 0 Å². The average molecular weight is 545 g/mol. The van der Waals surface area contributed by atoms with Gasteiger partial charge in [0.2, 0.25) is 0 Å². The first kappa shape index (κ1) is 35.2. The van der Waals surface area contributed by atoms with Crippen molar-refractivity contribution in [2.24, 2.45) is 17.8 Å². The fourth-order valence-electron chi connectivity index (χ4n) is 5.70. The third-order valence-electron chi connectivity index (χ3n) is 7.98. The zero-order chi connectivity index (χ0) is 29.2. The fourth-order valence-corrected chi connectivity index (χ4v) is 5.70. The Bertz CT molecular complexity index is 838. The van der Waals surface area contributed by atoms with E-state index >= 15 is 0 Å². The minimum absolute atomic E-state index is 0.0206. The summed E-state index contributed by atoms with van der Waals surface area (Å²) in [5.74, 6) is -0.0571. The highest BCUT2D eigenvalue weighted by molar-refractivity contribution is 6.03. The molecule has 0 aromatic heterocycles. The number of carboxylic acids is 2. The van der Waals surface area contributed by atoms with Crippen molar-refractivity contribution >= 4 is 11.9 Å². The summed E-state index contributed by atoms with van der Waals surface area (Å²) in [6.07, 6.45) is 19.6. The smallest absolute Gasteiger partial charge is 0.336 e. The standard InChI is InChI=1S/C35H60O4/c1-26(2)19-13-7-10-16-22-29-25-32(34(36)37)33(35(38)39)31(24-18-12-9-15-21-28(5)6)30(29)23-17-11-8-14-20-27(3)4/h25-28H,7-24H2,1-6H3,(H,36,37)(H,38,39). The average Bonchev–Trinajstić information content (AvgIpc) is 2.84. The number of hydrogen-bond donors (Lipinski definition) is 2. The van der Waals surface area contributed by atoms with Gasteiger partial charge in [0, 0.05) is 0 Å². The van der Waals surface area contributed by atoms with Crippen LogP contribution in [0.2, 0.25) is 0 Å². The second-order valence-electron chi connectivity index (χ2n) is 13.1. The molecule has 0 aliphatic carbocycles. The Labute approximate surface area is 240 Å². The minimum Gasteiger partial charge on any atom is -0.478 e. The lowest BCUT2D eigenvalue weighted by Gasteiger charge is -2.20. The Morgan fingerprint density at radius 2 is 0.923 bits per heavy atom. The largest absolute Gasteiger partial charge is 0.478 e. The number of unbranched alkanes of at least 4 members (excludes halogenated alkanes) is 9. The van der Waals surface area contributed by atoms with Gasteiger partial charge in [0.15, 0.2) is 0 Å². The summed E-state index contributed by atoms with van der Waals surface area (Å²) in [6.45, 7) is 13.6. The van der Waals surface area contributed by atoms with Gasteiger partial charge in [0.05, 0.1) is 11.1 Å². The van der Waals surface area contributed by atoms with Gasteiger partial charge >= 0.3 is 11.9 Å². The summed E-state index contributed by atoms with van der Waals surface area (Å²) in [6, 6.07) is 1.71. The van der Waals surface area contributed by atoms with Gasteiger partial charge < -0.3 is 10.2 Å². The van der Waals surface area contributed by atoms with Crippen molar-refractivity contribution in [3.63, 3.8) is 0 Å². The molecule has 0 saturated carbocycles. The molecule has 1 aromatic carbocycles. The van der Waals surface area contributed by atoms with Crippen LogP contribution in [0, 0.1) is 17.8 Å². The van der Waals surface area contributed by atoms with Crippen LogP contribution in [0.25, 0.3) is 0 Å². The van der Waals surface area contributed by atoms with Crippen molar-refractivity contribution in [2.75, 3.05) is 0 Å². The number of carbonyl (C=O) groups is 2. The SMILES string of the molecule is CC(C)CCCCCCc1cc(C(=O)O)c(C(=O)O)c(CCCCCCC(C)C)c1CCCCCCC(C)C. The highest BCUT2D eigenvalue weighted by Crippen LogP contribution is 2.30. The van der Waals surface area contributed by atoms with Crippen LogP contribution < -0.4 is 0 Å². The Morgan fingerprint density at radius 3 is 1.31 bits per heavy atom. The van der Waals surface area contributed by atoms with Crippen LogP contribution in [0.1, 0.15) is 175 Å². The van der Waals surface area contributed by atoms with E-state index < -0.39 is 11.9 Å². The molecule has 0 fully saturated rings. The molecule has 39 heavy (non-hydrogen) atoms. The Balaban J connectivity index is 3.15. The fraction of sp³-hybridized carbons (Fsp3) is 0.771. The van der Waals surface area contributed by atoms with Gasteiger partial charge in [-0.05, 0) is 79.0 Å². The number of rotatable bonds is 23. The van der Waals surface area contributed by atoms with Crippen molar-refractivity contribution in [3.8, 4) is 0 Å². The Morgan fingerprint density at radius 1 is 0.538 bits per heavy atom. The maximum absolute atomic E-state index is 12.4. The predicted molar refractivity (Wildman–Crippen MR) is 165 cm³/mol. The lowest BCUT2D eigenvalue weighted by atomic mass is 9.84. The third-order valence-corrected chi connectivity index (χ3v) is 7.98. The van der Waals surface area contributed by atoms with Gasteiger partial charge in [-0.3, -0.25) is 0 Å². The summed E-state index contributed by atoms with van der Waals surface area (Å²) < 4.78 is 0. The Hall–Kier alpha value is -1.84. The van der Waals surface area contributed by atoms with E-state index in [1.807, 2.05) is 0 Å². The number of aromatic carboxylic acids is 2. The number of carboxylic acid groups (broad SMARTS) is 2. The molecule has 0 aliphatic rings. The molecular formula is C35H60O4. The number of hydrogen-bond acceptors (Lipinski definition) is 2. The maximum Gasteiger partial charge on any atom is 0.336 e. The van der Waals surface area contributed by atoms with Gasteiger partial charge in [0.1, 0.15) is 0 Å². The van der Waals surface area contributed by atoms with E-state index in [1.54, 1.807) is 6.07 Å². The van der Waals surface area contributed by atoms with Crippen LogP contribution >= 0.6 is 0 Å². The van der Waals surface area contributed by atoms with E-state index in [0.717, 1.165) is 86.3 Å². The van der Waals surface area contributed by atoms with Crippen molar-refractivity contribution in [1.82, 2.24) is 0 Å². The van der Waals surface area contributed by atoms with Crippen LogP contribution in [0.15, 0.2) is 6.07 Å². The molecule has 0 atom stereocenters. The molecule has 0 radical (unpaired) electrons. The molecule has 4 nitrogen and oxygen atoms in total. The topological polar surface area (TPSA) is 74.6 Å². The summed E-state index contributed by atoms with van der Waals surface area (Å²) in [7, 11) is 0. The van der Waals surface area contributed by atoms with Crippen LogP contribution in [0.5, 0.6) is 0 Å². The predicted octanol–water partition coefficient (Wildman–Crippen LogP) is 10.5. The minimum atomic E-state index is -1.12. The molecule has 1 rings (SSSR count). The molecule has 0 saturated heterocycles. The van der Waals surface area contributed by atoms with Gasteiger partial charge in [-0.15, -0.1) is 0 Å². The van der Waals surface area contributed by atoms with Crippen molar-refractivity contribution < 1.29 is 19.8 Å². The molecule has 4 heteroatoms. The summed E-state index contributed by atoms with van der Waals surface area (Å²) >= 11 is 0. The van der Waals surface area contributed by atoms with Gasteiger partial charge in [-0.2, -0.15) is 0 Å². The third kappa shape index (κ3) is 14.9. The molecular weight excluding hydrogens is 484 g/mol. The molecule has 1 aromatic rings. The van der Waals surface area contributed by atoms with E-state index in [1.165, 1.54) is 51.4 Å². The second kappa shape index (κ2) is 20.1. The lowest BCUT2D eigenvalue weighted by Crippen LogP contribution is -2.16. The van der Waals surface area contributed by atoms with Crippen LogP contribution in [0.3, 0.4) is 0 Å². The monoisotopic (exact) mass is 544 g/mol. The van der Waals surface area contributed by atoms with Gasteiger partial charge in [-0.1, -0.05) is 119 Å². The van der Waals surface area contributed by atoms with Gasteiger partial charge in [0.25, 0.3) is 0 Å². The number of benzene rings is 1. The number of aryl methyl sites for hydroxylation is 1. The van der Waals surface area contributed by atoms with Crippen LogP contribution in [-0.2, 0) is 19.3 Å². The molecule has 0 unspecified atom stereocenters. The molecule has 224 valence electrons. The summed E-state index contributed by atoms with van der Waals surface area (Å²) in [4.78, 5) is 24.6. The zero-order valence-corrected chi connectivity index (χ0v) is 26.2. The van der Waals surface area contributed by atoms with Crippen molar-refractivity contribution in [2.45, 2.75) is 157 Å². The first-order valence-electron chi connectivity index (χ1n) is 16.2. The summed E-state index contributed by atoms with van der Waals surface area (Å²) in [5.41, 5.74) is 3.06. The van der Waals surface area contributed by atoms with Crippen LogP contribution in [-0.4, -0.2) is 22.2 Å². The van der Waals surface area contributed by atoms with E-state index in [0.29, 0.717) is 12.3 Å². The molecule has 0 spiro atoms. The molecule has 0 amide bonds.